The van der Waals surface area contributed by atoms with E-state index in [-0.39, 0.29) is 10.6 Å². The van der Waals surface area contributed by atoms with Crippen molar-refractivity contribution in [2.45, 2.75) is 17.9 Å². The van der Waals surface area contributed by atoms with Gasteiger partial charge in [-0.3, -0.25) is 15.1 Å². The number of carbonyl (C=O) groups excluding carboxylic acids is 1. The normalized spacial score (nSPS) is 15.3. The fourth-order valence-corrected chi connectivity index (χ4v) is 6.39. The summed E-state index contributed by atoms with van der Waals surface area (Å²) in [5, 5.41) is 3.39. The molecule has 1 saturated heterocycles. The second-order valence-corrected chi connectivity index (χ2v) is 13.2. The monoisotopic (exact) mass is 591 g/mol. The molecule has 0 radical (unpaired) electrons. The molecule has 0 saturated carbocycles. The van der Waals surface area contributed by atoms with Gasteiger partial charge in [0, 0.05) is 50.7 Å². The Morgan fingerprint density at radius 1 is 1.07 bits per heavy atom. The highest BCUT2D eigenvalue weighted by Crippen LogP contribution is 2.32. The highest BCUT2D eigenvalue weighted by atomic mass is 32.2. The molecule has 1 N–H and O–H groups in total. The Kier molecular flexibility index (Phi) is 8.67. The highest BCUT2D eigenvalue weighted by Gasteiger charge is 2.25. The van der Waals surface area contributed by atoms with Gasteiger partial charge in [0.25, 0.3) is 5.91 Å². The third-order valence-corrected chi connectivity index (χ3v) is 9.73. The third-order valence-electron chi connectivity index (χ3n) is 7.04. The largest absolute Gasteiger partial charge is 0.476 e. The van der Waals surface area contributed by atoms with Crippen LogP contribution in [0.25, 0.3) is 10.2 Å². The van der Waals surface area contributed by atoms with Crippen LogP contribution in [0, 0.1) is 0 Å². The maximum atomic E-state index is 13.6. The van der Waals surface area contributed by atoms with E-state index in [1.165, 1.54) is 23.5 Å². The van der Waals surface area contributed by atoms with Crippen LogP contribution in [0.15, 0.2) is 76.6 Å². The summed E-state index contributed by atoms with van der Waals surface area (Å²) in [7, 11) is 0.453. The summed E-state index contributed by atoms with van der Waals surface area (Å²) in [6.07, 6.45) is 0.690. The van der Waals surface area contributed by atoms with Crippen LogP contribution < -0.4 is 15.0 Å². The molecule has 0 bridgehead atoms. The number of anilines is 2. The molecule has 2 heterocycles. The van der Waals surface area contributed by atoms with Gasteiger partial charge >= 0.3 is 0 Å². The first kappa shape index (κ1) is 28.7. The van der Waals surface area contributed by atoms with Gasteiger partial charge in [0.2, 0.25) is 6.10 Å². The molecule has 41 heavy (non-hydrogen) atoms. The van der Waals surface area contributed by atoms with E-state index in [1.807, 2.05) is 18.2 Å². The highest BCUT2D eigenvalue weighted by molar-refractivity contribution is 7.91. The number of carbonyl (C=O) groups is 1. The van der Waals surface area contributed by atoms with Gasteiger partial charge < -0.3 is 14.5 Å². The average molecular weight is 592 g/mol. The van der Waals surface area contributed by atoms with Gasteiger partial charge in [0.15, 0.2) is 15.0 Å². The number of aromatic nitrogens is 1. The van der Waals surface area contributed by atoms with Gasteiger partial charge in [-0.1, -0.05) is 30.4 Å². The minimum absolute atomic E-state index is 0.00565. The van der Waals surface area contributed by atoms with Crippen LogP contribution in [0.5, 0.6) is 5.75 Å². The number of aliphatic imine (C=N–C) groups is 1. The number of rotatable bonds is 9. The van der Waals surface area contributed by atoms with Gasteiger partial charge in [-0.2, -0.15) is 0 Å². The first-order valence-electron chi connectivity index (χ1n) is 13.4. The Labute approximate surface area is 244 Å². The minimum atomic E-state index is -3.38. The zero-order valence-electron chi connectivity index (χ0n) is 23.3. The van der Waals surface area contributed by atoms with E-state index in [4.69, 9.17) is 4.74 Å². The molecule has 0 aliphatic carbocycles. The molecule has 1 atom stereocenters. The first-order valence-corrected chi connectivity index (χ1v) is 15.9. The molecule has 1 aliphatic heterocycles. The van der Waals surface area contributed by atoms with Crippen molar-refractivity contribution in [3.8, 4) is 5.75 Å². The van der Waals surface area contributed by atoms with E-state index in [2.05, 4.69) is 44.3 Å². The topological polar surface area (TPSA) is 104 Å². The van der Waals surface area contributed by atoms with Crippen molar-refractivity contribution in [2.24, 2.45) is 4.99 Å². The number of fused-ring (bicyclic) bond motifs is 1. The van der Waals surface area contributed by atoms with Crippen LogP contribution in [0.4, 0.5) is 10.8 Å². The van der Waals surface area contributed by atoms with Crippen LogP contribution in [0.3, 0.4) is 0 Å². The summed E-state index contributed by atoms with van der Waals surface area (Å²) in [6, 6.07) is 19.7. The molecule has 1 unspecified atom stereocenters. The molecular formula is C30H33N5O4S2. The van der Waals surface area contributed by atoms with Gasteiger partial charge in [-0.25, -0.2) is 13.4 Å². The lowest BCUT2D eigenvalue weighted by atomic mass is 10.1. The van der Waals surface area contributed by atoms with Crippen molar-refractivity contribution < 1.29 is 17.9 Å². The number of sulfone groups is 1. The SMILES string of the molecule is CCS(=O)(=O)c1ccc(C(Oc2ccc(/C=N/C)cc2)C(=O)Nc2nc3ccc(N4CCN(C)CC4)cc3s2)cc1. The zero-order valence-corrected chi connectivity index (χ0v) is 24.9. The fraction of sp³-hybridized carbons (Fsp3) is 0.300. The third kappa shape index (κ3) is 6.75. The van der Waals surface area contributed by atoms with Crippen LogP contribution in [0.1, 0.15) is 24.2 Å². The quantitative estimate of drug-likeness (QED) is 0.283. The van der Waals surface area contributed by atoms with Crippen molar-refractivity contribution >= 4 is 54.3 Å². The predicted molar refractivity (Wildman–Crippen MR) is 165 cm³/mol. The summed E-state index contributed by atoms with van der Waals surface area (Å²) >= 11 is 1.41. The molecular weight excluding hydrogens is 558 g/mol. The van der Waals surface area contributed by atoms with Gasteiger partial charge in [0.1, 0.15) is 5.75 Å². The molecule has 0 spiro atoms. The zero-order chi connectivity index (χ0) is 29.0. The van der Waals surface area contributed by atoms with Crippen molar-refractivity contribution in [2.75, 3.05) is 56.2 Å². The summed E-state index contributed by atoms with van der Waals surface area (Å²) in [5.41, 5.74) is 3.38. The van der Waals surface area contributed by atoms with Crippen molar-refractivity contribution in [3.05, 3.63) is 77.9 Å². The summed E-state index contributed by atoms with van der Waals surface area (Å²) < 4.78 is 31.8. The maximum Gasteiger partial charge on any atom is 0.271 e. The number of likely N-dealkylation sites (N-methyl/N-ethyl adjacent to an activating group) is 1. The second kappa shape index (κ2) is 12.4. The molecule has 1 aromatic heterocycles. The number of piperazine rings is 1. The Balaban J connectivity index is 1.39. The van der Waals surface area contributed by atoms with Crippen molar-refractivity contribution in [1.29, 1.82) is 0 Å². The maximum absolute atomic E-state index is 13.6. The number of hydrogen-bond donors (Lipinski definition) is 1. The van der Waals surface area contributed by atoms with E-state index < -0.39 is 21.8 Å². The van der Waals surface area contributed by atoms with Gasteiger partial charge in [0.05, 0.1) is 20.9 Å². The fourth-order valence-electron chi connectivity index (χ4n) is 4.61. The predicted octanol–water partition coefficient (Wildman–Crippen LogP) is 4.65. The van der Waals surface area contributed by atoms with Crippen LogP contribution in [-0.4, -0.2) is 76.5 Å². The minimum Gasteiger partial charge on any atom is -0.476 e. The summed E-state index contributed by atoms with van der Waals surface area (Å²) in [4.78, 5) is 27.2. The number of nitrogens with one attached hydrogen (secondary N) is 1. The second-order valence-electron chi connectivity index (χ2n) is 9.88. The smallest absolute Gasteiger partial charge is 0.271 e. The number of thiazole rings is 1. The Morgan fingerprint density at radius 3 is 2.44 bits per heavy atom. The van der Waals surface area contributed by atoms with E-state index in [0.717, 1.165) is 47.6 Å². The lowest BCUT2D eigenvalue weighted by Crippen LogP contribution is -2.44. The van der Waals surface area contributed by atoms with Gasteiger partial charge in [-0.15, -0.1) is 0 Å². The lowest BCUT2D eigenvalue weighted by Gasteiger charge is -2.34. The van der Waals surface area contributed by atoms with Crippen LogP contribution >= 0.6 is 11.3 Å². The molecule has 5 rings (SSSR count). The lowest BCUT2D eigenvalue weighted by molar-refractivity contribution is -0.123. The van der Waals surface area contributed by atoms with Gasteiger partial charge in [-0.05, 0) is 67.2 Å². The number of benzene rings is 3. The summed E-state index contributed by atoms with van der Waals surface area (Å²) in [5.74, 6) is 0.0762. The molecule has 4 aromatic rings. The molecule has 3 aromatic carbocycles. The van der Waals surface area contributed by atoms with Crippen molar-refractivity contribution in [3.63, 3.8) is 0 Å². The number of ether oxygens (including phenoxy) is 1. The number of hydrogen-bond acceptors (Lipinski definition) is 9. The number of amides is 1. The standard InChI is InChI=1S/C30H33N5O4S2/c1-4-41(37,38)25-12-7-22(8-13-25)28(39-24-10-5-21(6-11-24)20-31-2)29(36)33-30-32-26-14-9-23(19-27(26)40-30)35-17-15-34(3)16-18-35/h5-14,19-20,28H,4,15-18H2,1-3H3,(H,32,33,36)/b31-20+. The van der Waals surface area contributed by atoms with E-state index in [0.29, 0.717) is 16.4 Å². The van der Waals surface area contributed by atoms with E-state index in [1.54, 1.807) is 44.5 Å². The Bertz CT molecular complexity index is 1640. The molecule has 214 valence electrons. The Morgan fingerprint density at radius 2 is 1.78 bits per heavy atom. The molecule has 1 amide bonds. The molecule has 1 fully saturated rings. The van der Waals surface area contributed by atoms with E-state index in [9.17, 15) is 13.2 Å². The summed E-state index contributed by atoms with van der Waals surface area (Å²) in [6.45, 7) is 5.57. The Hall–Kier alpha value is -3.80. The van der Waals surface area contributed by atoms with Crippen LogP contribution in [-0.2, 0) is 14.6 Å². The molecule has 1 aliphatic rings. The van der Waals surface area contributed by atoms with Crippen LogP contribution in [0.2, 0.25) is 0 Å². The molecule has 9 nitrogen and oxygen atoms in total. The number of nitrogens with zero attached hydrogens (tertiary/aromatic N) is 4. The average Bonchev–Trinajstić information content (AvgIpc) is 3.39. The van der Waals surface area contributed by atoms with E-state index >= 15 is 0 Å². The first-order chi connectivity index (χ1) is 19.8. The molecule has 11 heteroatoms. The van der Waals surface area contributed by atoms with Crippen molar-refractivity contribution in [1.82, 2.24) is 9.88 Å².